The molecule has 0 unspecified atom stereocenters. The maximum atomic E-state index is 13.6. The zero-order valence-electron chi connectivity index (χ0n) is 11.3. The van der Waals surface area contributed by atoms with Gasteiger partial charge >= 0.3 is 5.97 Å². The van der Waals surface area contributed by atoms with Crippen LogP contribution >= 0.6 is 0 Å². The van der Waals surface area contributed by atoms with Gasteiger partial charge in [-0.1, -0.05) is 0 Å². The van der Waals surface area contributed by atoms with Gasteiger partial charge in [-0.25, -0.2) is 22.3 Å². The van der Waals surface area contributed by atoms with Gasteiger partial charge in [0.2, 0.25) is 10.0 Å². The van der Waals surface area contributed by atoms with Crippen LogP contribution in [-0.4, -0.2) is 51.0 Å². The average molecular weight is 321 g/mol. The molecule has 1 aromatic rings. The molecule has 1 aromatic carbocycles. The average Bonchev–Trinajstić information content (AvgIpc) is 2.40. The summed E-state index contributed by atoms with van der Waals surface area (Å²) < 4.78 is 44.7. The zero-order valence-corrected chi connectivity index (χ0v) is 12.1. The van der Waals surface area contributed by atoms with E-state index in [-0.39, 0.29) is 31.9 Å². The van der Waals surface area contributed by atoms with E-state index in [1.807, 2.05) is 0 Å². The summed E-state index contributed by atoms with van der Waals surface area (Å²) >= 11 is 0. The number of carboxylic acid groups (broad SMARTS) is 1. The van der Waals surface area contributed by atoms with Crippen molar-refractivity contribution in [3.63, 3.8) is 0 Å². The van der Waals surface area contributed by atoms with Crippen molar-refractivity contribution >= 4 is 16.0 Å². The van der Waals surface area contributed by atoms with Gasteiger partial charge in [0.05, 0.1) is 30.3 Å². The summed E-state index contributed by atoms with van der Waals surface area (Å²) in [4.78, 5) is 10.4. The monoisotopic (exact) mass is 321 g/mol. The van der Waals surface area contributed by atoms with E-state index in [1.165, 1.54) is 6.92 Å². The smallest absolute Gasteiger partial charge is 0.335 e. The standard InChI is InChI=1S/C12H16FNO6S/c1-8-10(13)6-9(12(16)17)7-11(8)21(18,19)14-2-4-20-5-3-15/h6-7,14-15H,2-5H2,1H3,(H,16,17). The fourth-order valence-corrected chi connectivity index (χ4v) is 2.84. The number of aliphatic hydroxyl groups excluding tert-OH is 1. The number of carbonyl (C=O) groups is 1. The van der Waals surface area contributed by atoms with Crippen LogP contribution in [0.15, 0.2) is 17.0 Å². The molecule has 0 aromatic heterocycles. The Kier molecular flexibility index (Phi) is 6.21. The lowest BCUT2D eigenvalue weighted by atomic mass is 10.1. The molecule has 0 saturated heterocycles. The van der Waals surface area contributed by atoms with E-state index in [4.69, 9.17) is 14.9 Å². The summed E-state index contributed by atoms with van der Waals surface area (Å²) in [6.07, 6.45) is 0. The molecule has 0 spiro atoms. The molecule has 118 valence electrons. The predicted octanol–water partition coefficient (Wildman–Crippen LogP) is 0.120. The maximum Gasteiger partial charge on any atom is 0.335 e. The van der Waals surface area contributed by atoms with E-state index in [1.54, 1.807) is 0 Å². The van der Waals surface area contributed by atoms with Crippen LogP contribution in [0.25, 0.3) is 0 Å². The minimum atomic E-state index is -4.05. The molecule has 3 N–H and O–H groups in total. The molecular weight excluding hydrogens is 305 g/mol. The highest BCUT2D eigenvalue weighted by atomic mass is 32.2. The first kappa shape index (κ1) is 17.5. The third-order valence-corrected chi connectivity index (χ3v) is 4.19. The van der Waals surface area contributed by atoms with Gasteiger partial charge in [0.25, 0.3) is 0 Å². The molecule has 0 saturated carbocycles. The van der Waals surface area contributed by atoms with E-state index in [0.717, 1.165) is 12.1 Å². The summed E-state index contributed by atoms with van der Waals surface area (Å²) in [5, 5.41) is 17.3. The number of benzene rings is 1. The largest absolute Gasteiger partial charge is 0.478 e. The van der Waals surface area contributed by atoms with Gasteiger partial charge in [0.1, 0.15) is 5.82 Å². The maximum absolute atomic E-state index is 13.6. The van der Waals surface area contributed by atoms with Crippen molar-refractivity contribution in [3.05, 3.63) is 29.1 Å². The molecule has 9 heteroatoms. The van der Waals surface area contributed by atoms with Crippen LogP contribution in [0.4, 0.5) is 4.39 Å². The highest BCUT2D eigenvalue weighted by Crippen LogP contribution is 2.20. The van der Waals surface area contributed by atoms with E-state index >= 15 is 0 Å². The third-order valence-electron chi connectivity index (χ3n) is 2.61. The van der Waals surface area contributed by atoms with Crippen LogP contribution < -0.4 is 4.72 Å². The molecule has 0 aliphatic rings. The Morgan fingerprint density at radius 2 is 2.05 bits per heavy atom. The lowest BCUT2D eigenvalue weighted by Gasteiger charge is -2.11. The fraction of sp³-hybridized carbons (Fsp3) is 0.417. The van der Waals surface area contributed by atoms with Gasteiger partial charge in [-0.05, 0) is 19.1 Å². The first-order chi connectivity index (χ1) is 9.79. The van der Waals surface area contributed by atoms with Crippen molar-refractivity contribution < 1.29 is 32.6 Å². The highest BCUT2D eigenvalue weighted by molar-refractivity contribution is 7.89. The Bertz CT molecular complexity index is 616. The van der Waals surface area contributed by atoms with Crippen molar-refractivity contribution in [1.82, 2.24) is 4.72 Å². The summed E-state index contributed by atoms with van der Waals surface area (Å²) in [6.45, 7) is 1.08. The molecule has 7 nitrogen and oxygen atoms in total. The lowest BCUT2D eigenvalue weighted by molar-refractivity contribution is 0.0696. The van der Waals surface area contributed by atoms with Gasteiger partial charge in [-0.15, -0.1) is 0 Å². The van der Waals surface area contributed by atoms with Crippen molar-refractivity contribution in [3.8, 4) is 0 Å². The number of sulfonamides is 1. The van der Waals surface area contributed by atoms with Crippen LogP contribution in [0.3, 0.4) is 0 Å². The van der Waals surface area contributed by atoms with Crippen molar-refractivity contribution in [2.75, 3.05) is 26.4 Å². The van der Waals surface area contributed by atoms with Crippen molar-refractivity contribution in [2.24, 2.45) is 0 Å². The zero-order chi connectivity index (χ0) is 16.0. The van der Waals surface area contributed by atoms with E-state index in [2.05, 4.69) is 4.72 Å². The summed E-state index contributed by atoms with van der Waals surface area (Å²) in [5.41, 5.74) is -0.612. The normalized spacial score (nSPS) is 11.6. The van der Waals surface area contributed by atoms with Gasteiger partial charge in [-0.2, -0.15) is 0 Å². The van der Waals surface area contributed by atoms with E-state index in [9.17, 15) is 17.6 Å². The first-order valence-corrected chi connectivity index (χ1v) is 7.49. The van der Waals surface area contributed by atoms with Crippen molar-refractivity contribution in [1.29, 1.82) is 0 Å². The van der Waals surface area contributed by atoms with Crippen LogP contribution in [0, 0.1) is 12.7 Å². The molecule has 0 amide bonds. The predicted molar refractivity (Wildman–Crippen MR) is 71.2 cm³/mol. The van der Waals surface area contributed by atoms with E-state index in [0.29, 0.717) is 0 Å². The number of hydrogen-bond acceptors (Lipinski definition) is 5. The van der Waals surface area contributed by atoms with Gasteiger partial charge in [0, 0.05) is 12.1 Å². The molecule has 0 fully saturated rings. The molecule has 21 heavy (non-hydrogen) atoms. The summed E-state index contributed by atoms with van der Waals surface area (Å²) in [5.74, 6) is -2.33. The molecule has 0 bridgehead atoms. The molecule has 0 radical (unpaired) electrons. The van der Waals surface area contributed by atoms with Crippen LogP contribution in [0.2, 0.25) is 0 Å². The van der Waals surface area contributed by atoms with Gasteiger partial charge in [-0.3, -0.25) is 0 Å². The number of rotatable bonds is 8. The Labute approximate surface area is 121 Å². The number of halogens is 1. The number of aliphatic hydroxyl groups is 1. The number of aromatic carboxylic acids is 1. The number of hydrogen-bond donors (Lipinski definition) is 3. The molecule has 1 rings (SSSR count). The Morgan fingerprint density at radius 1 is 1.38 bits per heavy atom. The van der Waals surface area contributed by atoms with Crippen LogP contribution in [-0.2, 0) is 14.8 Å². The lowest BCUT2D eigenvalue weighted by Crippen LogP contribution is -2.28. The fourth-order valence-electron chi connectivity index (χ4n) is 1.55. The number of nitrogens with one attached hydrogen (secondary N) is 1. The topological polar surface area (TPSA) is 113 Å². The Balaban J connectivity index is 2.94. The second-order valence-corrected chi connectivity index (χ2v) is 5.86. The Morgan fingerprint density at radius 3 is 2.62 bits per heavy atom. The highest BCUT2D eigenvalue weighted by Gasteiger charge is 2.21. The minimum Gasteiger partial charge on any atom is -0.478 e. The number of ether oxygens (including phenoxy) is 1. The molecular formula is C12H16FNO6S. The molecule has 0 aliphatic heterocycles. The molecule has 0 atom stereocenters. The second-order valence-electron chi connectivity index (χ2n) is 4.12. The Hall–Kier alpha value is -1.55. The van der Waals surface area contributed by atoms with Crippen molar-refractivity contribution in [2.45, 2.75) is 11.8 Å². The van der Waals surface area contributed by atoms with Crippen LogP contribution in [0.5, 0.6) is 0 Å². The molecule has 0 aliphatic carbocycles. The minimum absolute atomic E-state index is 0.0277. The quantitative estimate of drug-likeness (QED) is 0.586. The van der Waals surface area contributed by atoms with Crippen LogP contribution in [0.1, 0.15) is 15.9 Å². The third kappa shape index (κ3) is 4.74. The van der Waals surface area contributed by atoms with Gasteiger partial charge in [0.15, 0.2) is 0 Å². The summed E-state index contributed by atoms with van der Waals surface area (Å²) in [7, 11) is -4.05. The van der Waals surface area contributed by atoms with Gasteiger partial charge < -0.3 is 14.9 Å². The SMILES string of the molecule is Cc1c(F)cc(C(=O)O)cc1S(=O)(=O)NCCOCCO. The second kappa shape index (κ2) is 7.46. The molecule has 0 heterocycles. The number of carboxylic acids is 1. The summed E-state index contributed by atoms with van der Waals surface area (Å²) in [6, 6.07) is 1.67. The first-order valence-electron chi connectivity index (χ1n) is 6.01. The van der Waals surface area contributed by atoms with E-state index < -0.39 is 32.3 Å².